The Hall–Kier alpha value is 0.150. The number of thiol groups is 1. The van der Waals surface area contributed by atoms with Gasteiger partial charge in [0.05, 0.1) is 19.3 Å². The summed E-state index contributed by atoms with van der Waals surface area (Å²) in [7, 11) is 0. The van der Waals surface area contributed by atoms with Crippen molar-refractivity contribution in [2.24, 2.45) is 34.5 Å². The van der Waals surface area contributed by atoms with Crippen LogP contribution in [-0.4, -0.2) is 48.5 Å². The predicted molar refractivity (Wildman–Crippen MR) is 105 cm³/mol. The van der Waals surface area contributed by atoms with E-state index in [1.54, 1.807) is 0 Å². The molecule has 0 aromatic heterocycles. The summed E-state index contributed by atoms with van der Waals surface area (Å²) in [5.41, 5.74) is 0.00328. The highest BCUT2D eigenvalue weighted by atomic mass is 32.1. The molecule has 3 aliphatic carbocycles. The summed E-state index contributed by atoms with van der Waals surface area (Å²) < 4.78 is 17.7. The van der Waals surface area contributed by atoms with Gasteiger partial charge in [-0.25, -0.2) is 0 Å². The van der Waals surface area contributed by atoms with Crippen molar-refractivity contribution in [1.82, 2.24) is 0 Å². The summed E-state index contributed by atoms with van der Waals surface area (Å²) in [5.74, 6) is 0.819. The molecule has 1 saturated heterocycles. The Kier molecular flexibility index (Phi) is 5.63. The Morgan fingerprint density at radius 3 is 2.30 bits per heavy atom. The second-order valence-electron chi connectivity index (χ2n) is 9.89. The van der Waals surface area contributed by atoms with Crippen molar-refractivity contribution >= 4 is 12.9 Å². The highest BCUT2D eigenvalue weighted by molar-refractivity contribution is 7.75. The molecular formula is C21H36O5S. The minimum absolute atomic E-state index is 0.0239. The largest absolute Gasteiger partial charge is 0.396 e. The molecule has 2 N–H and O–H groups in total. The van der Waals surface area contributed by atoms with E-state index in [4.69, 9.17) is 13.7 Å². The molecule has 6 heteroatoms. The minimum Gasteiger partial charge on any atom is -0.396 e. The first-order valence-electron chi connectivity index (χ1n) is 10.7. The number of aliphatic hydroxyl groups excluding tert-OH is 2. The Labute approximate surface area is 168 Å². The zero-order valence-electron chi connectivity index (χ0n) is 16.7. The van der Waals surface area contributed by atoms with Crippen molar-refractivity contribution in [3.05, 3.63) is 0 Å². The van der Waals surface area contributed by atoms with Crippen LogP contribution in [0.1, 0.15) is 58.8 Å². The number of fused-ring (bicyclic) bond motifs is 2. The molecule has 0 radical (unpaired) electrons. The molecule has 3 saturated carbocycles. The molecule has 0 aromatic carbocycles. The second-order valence-corrected chi connectivity index (χ2v) is 10.1. The molecule has 1 aliphatic heterocycles. The van der Waals surface area contributed by atoms with Crippen molar-refractivity contribution in [1.29, 1.82) is 0 Å². The van der Waals surface area contributed by atoms with Gasteiger partial charge in [0, 0.05) is 25.0 Å². The first-order chi connectivity index (χ1) is 12.9. The summed E-state index contributed by atoms with van der Waals surface area (Å²) >= 11 is 4.02. The van der Waals surface area contributed by atoms with Crippen LogP contribution in [0.3, 0.4) is 0 Å². The zero-order chi connectivity index (χ0) is 19.3. The maximum Gasteiger partial charge on any atom is 0.174 e. The first-order valence-corrected chi connectivity index (χ1v) is 11.1. The van der Waals surface area contributed by atoms with Crippen LogP contribution in [0.25, 0.3) is 0 Å². The quantitative estimate of drug-likeness (QED) is 0.499. The van der Waals surface area contributed by atoms with Crippen molar-refractivity contribution in [2.45, 2.75) is 70.7 Å². The molecule has 0 amide bonds. The molecule has 0 aromatic rings. The van der Waals surface area contributed by atoms with E-state index in [2.05, 4.69) is 26.8 Å². The van der Waals surface area contributed by atoms with Gasteiger partial charge in [-0.3, -0.25) is 0 Å². The average molecular weight is 401 g/mol. The summed E-state index contributed by atoms with van der Waals surface area (Å²) in [6, 6.07) is 0. The first kappa shape index (κ1) is 20.4. The minimum atomic E-state index is -0.440. The van der Waals surface area contributed by atoms with Gasteiger partial charge < -0.3 is 23.9 Å². The lowest BCUT2D eigenvalue weighted by molar-refractivity contribution is -0.245. The van der Waals surface area contributed by atoms with E-state index in [-0.39, 0.29) is 42.0 Å². The van der Waals surface area contributed by atoms with Gasteiger partial charge in [-0.15, -0.1) is 0 Å². The molecule has 5 nitrogen and oxygen atoms in total. The van der Waals surface area contributed by atoms with E-state index in [0.717, 1.165) is 44.9 Å². The molecule has 4 fully saturated rings. The Morgan fingerprint density at radius 2 is 1.67 bits per heavy atom. The average Bonchev–Trinajstić information content (AvgIpc) is 3.28. The molecule has 1 heterocycles. The SMILES string of the molecule is C[C@]1([C@H]2CC[C@@]3(C)[C@@H](CCC34OCCO4)[C@@H]2CO)CC[C@H](OS)C[C@@H]1CO. The highest BCUT2D eigenvalue weighted by Crippen LogP contribution is 2.66. The fourth-order valence-corrected chi connectivity index (χ4v) is 7.69. The van der Waals surface area contributed by atoms with Gasteiger partial charge in [0.2, 0.25) is 0 Å². The van der Waals surface area contributed by atoms with Gasteiger partial charge in [-0.1, -0.05) is 13.8 Å². The third kappa shape index (κ3) is 2.93. The maximum atomic E-state index is 10.5. The topological polar surface area (TPSA) is 68.2 Å². The smallest absolute Gasteiger partial charge is 0.174 e. The lowest BCUT2D eigenvalue weighted by Crippen LogP contribution is -2.56. The van der Waals surface area contributed by atoms with Crippen LogP contribution in [0.4, 0.5) is 0 Å². The number of aliphatic hydroxyl groups is 2. The maximum absolute atomic E-state index is 10.5. The van der Waals surface area contributed by atoms with E-state index in [0.29, 0.717) is 25.0 Å². The third-order valence-corrected chi connectivity index (χ3v) is 9.45. The van der Waals surface area contributed by atoms with Crippen LogP contribution in [0.2, 0.25) is 0 Å². The van der Waals surface area contributed by atoms with Gasteiger partial charge in [0.25, 0.3) is 0 Å². The van der Waals surface area contributed by atoms with Gasteiger partial charge in [0.1, 0.15) is 0 Å². The van der Waals surface area contributed by atoms with Crippen LogP contribution in [0, 0.1) is 34.5 Å². The normalized spacial score (nSPS) is 49.4. The van der Waals surface area contributed by atoms with Gasteiger partial charge in [-0.05, 0) is 80.5 Å². The molecular weight excluding hydrogens is 364 g/mol. The molecule has 1 spiro atoms. The van der Waals surface area contributed by atoms with E-state index in [1.807, 2.05) is 0 Å². The van der Waals surface area contributed by atoms with E-state index >= 15 is 0 Å². The van der Waals surface area contributed by atoms with Crippen molar-refractivity contribution in [2.75, 3.05) is 26.4 Å². The predicted octanol–water partition coefficient (Wildman–Crippen LogP) is 3.19. The van der Waals surface area contributed by atoms with Crippen LogP contribution in [0.5, 0.6) is 0 Å². The second kappa shape index (κ2) is 7.44. The molecule has 7 atom stereocenters. The number of hydrogen-bond acceptors (Lipinski definition) is 6. The molecule has 4 aliphatic rings. The van der Waals surface area contributed by atoms with E-state index in [9.17, 15) is 10.2 Å². The summed E-state index contributed by atoms with van der Waals surface area (Å²) in [6.45, 7) is 6.42. The molecule has 4 rings (SSSR count). The lowest BCUT2D eigenvalue weighted by Gasteiger charge is -2.57. The summed E-state index contributed by atoms with van der Waals surface area (Å²) in [5, 5.41) is 20.6. The van der Waals surface area contributed by atoms with E-state index in [1.165, 1.54) is 0 Å². The lowest BCUT2D eigenvalue weighted by atomic mass is 9.49. The van der Waals surface area contributed by atoms with Crippen LogP contribution >= 0.6 is 12.9 Å². The van der Waals surface area contributed by atoms with Gasteiger partial charge in [-0.2, -0.15) is 0 Å². The fraction of sp³-hybridized carbons (Fsp3) is 1.00. The Balaban J connectivity index is 1.60. The van der Waals surface area contributed by atoms with Crippen LogP contribution < -0.4 is 0 Å². The zero-order valence-corrected chi connectivity index (χ0v) is 17.6. The molecule has 0 bridgehead atoms. The van der Waals surface area contributed by atoms with Crippen molar-refractivity contribution < 1.29 is 23.9 Å². The highest BCUT2D eigenvalue weighted by Gasteiger charge is 2.66. The van der Waals surface area contributed by atoms with Crippen molar-refractivity contribution in [3.63, 3.8) is 0 Å². The summed E-state index contributed by atoms with van der Waals surface area (Å²) in [4.78, 5) is 0. The summed E-state index contributed by atoms with van der Waals surface area (Å²) in [6.07, 6.45) is 7.09. The molecule has 156 valence electrons. The van der Waals surface area contributed by atoms with E-state index < -0.39 is 5.79 Å². The molecule has 0 unspecified atom stereocenters. The van der Waals surface area contributed by atoms with Crippen molar-refractivity contribution in [3.8, 4) is 0 Å². The van der Waals surface area contributed by atoms with Crippen LogP contribution in [0.15, 0.2) is 0 Å². The van der Waals surface area contributed by atoms with Gasteiger partial charge in [0.15, 0.2) is 5.79 Å². The Bertz CT molecular complexity index is 539. The number of rotatable bonds is 4. The van der Waals surface area contributed by atoms with Crippen LogP contribution in [-0.2, 0) is 13.7 Å². The monoisotopic (exact) mass is 400 g/mol. The number of hydrogen-bond donors (Lipinski definition) is 3. The Morgan fingerprint density at radius 1 is 0.963 bits per heavy atom. The van der Waals surface area contributed by atoms with Gasteiger partial charge >= 0.3 is 0 Å². The fourth-order valence-electron chi connectivity index (χ4n) is 7.49. The third-order valence-electron chi connectivity index (χ3n) is 9.15. The number of ether oxygens (including phenoxy) is 2. The molecule has 27 heavy (non-hydrogen) atoms. The standard InChI is InChI=1S/C21H36O5S/c1-19(6-3-15(26-27)11-14(19)12-22)17-4-7-20(2)18(16(17)13-23)5-8-21(20)24-9-10-25-21/h14-18,22-23,27H,3-13H2,1-2H3/t14-,15+,16-,17+,18+,19+,20+/m1/s1.